The van der Waals surface area contributed by atoms with Gasteiger partial charge in [-0.25, -0.2) is 9.59 Å². The number of esters is 2. The van der Waals surface area contributed by atoms with E-state index in [2.05, 4.69) is 0 Å². The molecule has 0 aliphatic carbocycles. The van der Waals surface area contributed by atoms with Gasteiger partial charge in [0.1, 0.15) is 11.5 Å². The second-order valence-corrected chi connectivity index (χ2v) is 6.26. The maximum Gasteiger partial charge on any atom is 0.336 e. The van der Waals surface area contributed by atoms with Crippen molar-refractivity contribution < 1.29 is 19.1 Å². The van der Waals surface area contributed by atoms with E-state index >= 15 is 0 Å². The lowest BCUT2D eigenvalue weighted by atomic mass is 10.2. The molecule has 4 heteroatoms. The second kappa shape index (κ2) is 9.85. The molecule has 0 saturated carbocycles. The Morgan fingerprint density at radius 3 is 1.72 bits per heavy atom. The molecule has 144 valence electrons. The van der Waals surface area contributed by atoms with Gasteiger partial charge in [-0.3, -0.25) is 0 Å². The van der Waals surface area contributed by atoms with Gasteiger partial charge in [0.25, 0.3) is 0 Å². The molecule has 0 N–H and O–H groups in total. The Morgan fingerprint density at radius 2 is 1.21 bits per heavy atom. The Hall–Kier alpha value is -3.92. The van der Waals surface area contributed by atoms with Crippen molar-refractivity contribution >= 4 is 24.1 Å². The molecular weight excluding hydrogens is 364 g/mol. The third kappa shape index (κ3) is 6.33. The van der Waals surface area contributed by atoms with Crippen LogP contribution in [0.2, 0.25) is 0 Å². The van der Waals surface area contributed by atoms with Gasteiger partial charge in [0.2, 0.25) is 0 Å². The standard InChI is InChI=1S/C25H20O4/c1-19-18-22(28-24(26)16-12-20-8-4-2-5-9-20)14-15-23(19)29-25(27)17-13-21-10-6-3-7-11-21/h2-18H,1H3/b16-12+,17-13-. The lowest BCUT2D eigenvalue weighted by molar-refractivity contribution is -0.130. The Kier molecular flexibility index (Phi) is 6.74. The molecule has 29 heavy (non-hydrogen) atoms. The van der Waals surface area contributed by atoms with Crippen molar-refractivity contribution in [3.8, 4) is 11.5 Å². The minimum Gasteiger partial charge on any atom is -0.423 e. The van der Waals surface area contributed by atoms with Gasteiger partial charge in [-0.15, -0.1) is 0 Å². The molecule has 0 aliphatic rings. The Bertz CT molecular complexity index is 1030. The van der Waals surface area contributed by atoms with Crippen LogP contribution in [0, 0.1) is 6.92 Å². The van der Waals surface area contributed by atoms with Crippen LogP contribution >= 0.6 is 0 Å². The third-order valence-electron chi connectivity index (χ3n) is 4.00. The quantitative estimate of drug-likeness (QED) is 0.332. The lowest BCUT2D eigenvalue weighted by Crippen LogP contribution is -2.06. The van der Waals surface area contributed by atoms with Gasteiger partial charge in [-0.1, -0.05) is 60.7 Å². The number of carbonyl (C=O) groups excluding carboxylic acids is 2. The molecule has 0 amide bonds. The van der Waals surface area contributed by atoms with Crippen LogP contribution in [0.1, 0.15) is 16.7 Å². The third-order valence-corrected chi connectivity index (χ3v) is 4.00. The van der Waals surface area contributed by atoms with Crippen molar-refractivity contribution in [2.75, 3.05) is 0 Å². The first-order chi connectivity index (χ1) is 14.1. The smallest absolute Gasteiger partial charge is 0.336 e. The Morgan fingerprint density at radius 1 is 0.690 bits per heavy atom. The molecule has 0 radical (unpaired) electrons. The van der Waals surface area contributed by atoms with Gasteiger partial charge < -0.3 is 9.47 Å². The average Bonchev–Trinajstić information content (AvgIpc) is 2.74. The fourth-order valence-electron chi connectivity index (χ4n) is 2.55. The first kappa shape index (κ1) is 19.8. The summed E-state index contributed by atoms with van der Waals surface area (Å²) < 4.78 is 10.7. The molecule has 3 aromatic rings. The zero-order chi connectivity index (χ0) is 20.5. The summed E-state index contributed by atoms with van der Waals surface area (Å²) in [6.45, 7) is 1.78. The highest BCUT2D eigenvalue weighted by Crippen LogP contribution is 2.24. The van der Waals surface area contributed by atoms with Crippen LogP contribution < -0.4 is 9.47 Å². The number of carbonyl (C=O) groups is 2. The number of aryl methyl sites for hydroxylation is 1. The van der Waals surface area contributed by atoms with Crippen LogP contribution in [-0.2, 0) is 9.59 Å². The van der Waals surface area contributed by atoms with E-state index in [1.165, 1.54) is 12.2 Å². The average molecular weight is 384 g/mol. The van der Waals surface area contributed by atoms with E-state index < -0.39 is 11.9 Å². The minimum absolute atomic E-state index is 0.379. The molecule has 0 saturated heterocycles. The summed E-state index contributed by atoms with van der Waals surface area (Å²) in [5.41, 5.74) is 2.50. The van der Waals surface area contributed by atoms with Crippen LogP contribution in [0.15, 0.2) is 91.0 Å². The van der Waals surface area contributed by atoms with Crippen LogP contribution in [0.25, 0.3) is 12.2 Å². The first-order valence-corrected chi connectivity index (χ1v) is 9.11. The molecule has 0 aromatic heterocycles. The molecule has 0 aliphatic heterocycles. The SMILES string of the molecule is Cc1cc(OC(=O)/C=C/c2ccccc2)ccc1OC(=O)/C=C\c1ccccc1. The Labute approximate surface area is 169 Å². The zero-order valence-electron chi connectivity index (χ0n) is 15.9. The van der Waals surface area contributed by atoms with Gasteiger partial charge in [-0.2, -0.15) is 0 Å². The largest absolute Gasteiger partial charge is 0.423 e. The summed E-state index contributed by atoms with van der Waals surface area (Å²) in [5, 5.41) is 0. The topological polar surface area (TPSA) is 52.6 Å². The van der Waals surface area contributed by atoms with E-state index in [1.807, 2.05) is 60.7 Å². The predicted octanol–water partition coefficient (Wildman–Crippen LogP) is 5.23. The molecule has 0 atom stereocenters. The molecule has 0 spiro atoms. The maximum absolute atomic E-state index is 12.0. The van der Waals surface area contributed by atoms with E-state index in [0.29, 0.717) is 17.1 Å². The van der Waals surface area contributed by atoms with Crippen LogP contribution in [0.3, 0.4) is 0 Å². The minimum atomic E-state index is -0.483. The number of ether oxygens (including phenoxy) is 2. The summed E-state index contributed by atoms with van der Waals surface area (Å²) in [4.78, 5) is 24.0. The van der Waals surface area contributed by atoms with E-state index in [-0.39, 0.29) is 0 Å². The van der Waals surface area contributed by atoms with Gasteiger partial charge in [0, 0.05) is 12.2 Å². The van der Waals surface area contributed by atoms with Crippen molar-refractivity contribution in [1.82, 2.24) is 0 Å². The Balaban J connectivity index is 1.58. The number of benzene rings is 3. The van der Waals surface area contributed by atoms with Crippen LogP contribution in [0.4, 0.5) is 0 Å². The first-order valence-electron chi connectivity index (χ1n) is 9.11. The van der Waals surface area contributed by atoms with Crippen molar-refractivity contribution in [2.45, 2.75) is 6.92 Å². The van der Waals surface area contributed by atoms with Crippen molar-refractivity contribution in [3.63, 3.8) is 0 Å². The predicted molar refractivity (Wildman–Crippen MR) is 113 cm³/mol. The van der Waals surface area contributed by atoms with Gasteiger partial charge >= 0.3 is 11.9 Å². The van der Waals surface area contributed by atoms with Crippen molar-refractivity contribution in [1.29, 1.82) is 0 Å². The zero-order valence-corrected chi connectivity index (χ0v) is 15.9. The van der Waals surface area contributed by atoms with Crippen LogP contribution in [0.5, 0.6) is 11.5 Å². The highest BCUT2D eigenvalue weighted by molar-refractivity contribution is 5.89. The van der Waals surface area contributed by atoms with Gasteiger partial charge in [0.15, 0.2) is 0 Å². The normalized spacial score (nSPS) is 10.9. The summed E-state index contributed by atoms with van der Waals surface area (Å²) in [6, 6.07) is 23.8. The van der Waals surface area contributed by atoms with Crippen molar-refractivity contribution in [2.24, 2.45) is 0 Å². The molecule has 0 bridgehead atoms. The molecule has 0 heterocycles. The molecule has 0 fully saturated rings. The molecular formula is C25H20O4. The highest BCUT2D eigenvalue weighted by Gasteiger charge is 2.08. The van der Waals surface area contributed by atoms with E-state index in [9.17, 15) is 9.59 Å². The second-order valence-electron chi connectivity index (χ2n) is 6.26. The molecule has 4 nitrogen and oxygen atoms in total. The summed E-state index contributed by atoms with van der Waals surface area (Å²) in [7, 11) is 0. The fraction of sp³-hybridized carbons (Fsp3) is 0.0400. The van der Waals surface area contributed by atoms with E-state index in [1.54, 1.807) is 37.3 Å². The summed E-state index contributed by atoms with van der Waals surface area (Å²) in [6.07, 6.45) is 6.11. The van der Waals surface area contributed by atoms with E-state index in [4.69, 9.17) is 9.47 Å². The number of hydrogen-bond donors (Lipinski definition) is 0. The number of rotatable bonds is 6. The summed E-state index contributed by atoms with van der Waals surface area (Å²) in [5.74, 6) is -0.173. The maximum atomic E-state index is 12.0. The number of hydrogen-bond acceptors (Lipinski definition) is 4. The van der Waals surface area contributed by atoms with Gasteiger partial charge in [0.05, 0.1) is 0 Å². The fourth-order valence-corrected chi connectivity index (χ4v) is 2.55. The highest BCUT2D eigenvalue weighted by atomic mass is 16.5. The van der Waals surface area contributed by atoms with E-state index in [0.717, 1.165) is 11.1 Å². The monoisotopic (exact) mass is 384 g/mol. The van der Waals surface area contributed by atoms with Crippen LogP contribution in [-0.4, -0.2) is 11.9 Å². The summed E-state index contributed by atoms with van der Waals surface area (Å²) >= 11 is 0. The van der Waals surface area contributed by atoms with Crippen molar-refractivity contribution in [3.05, 3.63) is 108 Å². The lowest BCUT2D eigenvalue weighted by Gasteiger charge is -2.08. The van der Waals surface area contributed by atoms with Gasteiger partial charge in [-0.05, 0) is 54.0 Å². The molecule has 3 aromatic carbocycles. The molecule has 3 rings (SSSR count). The molecule has 0 unspecified atom stereocenters.